The van der Waals surface area contributed by atoms with Crippen LogP contribution in [0.4, 0.5) is 0 Å². The van der Waals surface area contributed by atoms with Crippen LogP contribution in [0.15, 0.2) is 182 Å². The lowest BCUT2D eigenvalue weighted by Gasteiger charge is -2.24. The molecular weight excluding hydrogens is 725 g/mol. The van der Waals surface area contributed by atoms with E-state index in [1.807, 2.05) is 6.07 Å². The van der Waals surface area contributed by atoms with E-state index >= 15 is 0 Å². The van der Waals surface area contributed by atoms with E-state index in [0.717, 1.165) is 33.9 Å². The van der Waals surface area contributed by atoms with Crippen LogP contribution in [-0.4, -0.2) is 9.97 Å². The molecule has 9 aromatic carbocycles. The molecule has 0 amide bonds. The molecule has 0 saturated carbocycles. The molecule has 2 heteroatoms. The van der Waals surface area contributed by atoms with Gasteiger partial charge in [0.25, 0.3) is 0 Å². The number of benzene rings is 9. The van der Waals surface area contributed by atoms with Gasteiger partial charge in [-0.15, -0.1) is 0 Å². The first-order chi connectivity index (χ1) is 29.3. The van der Waals surface area contributed by atoms with E-state index in [9.17, 15) is 0 Å². The van der Waals surface area contributed by atoms with Crippen LogP contribution in [0, 0.1) is 0 Å². The van der Waals surface area contributed by atoms with Crippen molar-refractivity contribution >= 4 is 32.3 Å². The second kappa shape index (κ2) is 12.7. The van der Waals surface area contributed by atoms with Crippen LogP contribution in [0.2, 0.25) is 0 Å². The zero-order valence-corrected chi connectivity index (χ0v) is 34.2. The highest BCUT2D eigenvalue weighted by Gasteiger charge is 2.39. The minimum atomic E-state index is -0.157. The summed E-state index contributed by atoms with van der Waals surface area (Å²) in [5.41, 5.74) is 17.9. The molecule has 0 fully saturated rings. The van der Waals surface area contributed by atoms with Crippen LogP contribution in [0.5, 0.6) is 0 Å². The molecule has 0 saturated heterocycles. The topological polar surface area (TPSA) is 25.8 Å². The second-order valence-electron chi connectivity index (χ2n) is 17.7. The van der Waals surface area contributed by atoms with Gasteiger partial charge in [0.1, 0.15) is 0 Å². The maximum atomic E-state index is 5.32. The molecule has 0 atom stereocenters. The Labute approximate surface area is 350 Å². The lowest BCUT2D eigenvalue weighted by atomic mass is 9.79. The van der Waals surface area contributed by atoms with Crippen LogP contribution >= 0.6 is 0 Å². The molecule has 284 valence electrons. The van der Waals surface area contributed by atoms with Crippen molar-refractivity contribution in [2.45, 2.75) is 38.5 Å². The Morgan fingerprint density at radius 3 is 1.70 bits per heavy atom. The van der Waals surface area contributed by atoms with Gasteiger partial charge in [0.05, 0.1) is 11.4 Å². The molecule has 10 aromatic rings. The first-order valence-electron chi connectivity index (χ1n) is 21.1. The van der Waals surface area contributed by atoms with Gasteiger partial charge in [-0.25, -0.2) is 9.97 Å². The van der Waals surface area contributed by atoms with E-state index in [2.05, 4.69) is 204 Å². The fraction of sp³-hybridized carbons (Fsp3) is 0.103. The number of rotatable bonds is 4. The molecule has 2 aliphatic rings. The SMILES string of the molecule is CC1(C)c2cc3ccccc3cc2-c2c(-c3cc(-c4ccc(-c5ccc6c(c5)C(C)(C)c5c-6c6ccccc6c6ccccc56)cc4)nc(-c4ccccc4)n3)cccc21. The molecule has 12 rings (SSSR count). The van der Waals surface area contributed by atoms with E-state index in [1.165, 1.54) is 88.0 Å². The van der Waals surface area contributed by atoms with Crippen LogP contribution in [0.1, 0.15) is 49.9 Å². The summed E-state index contributed by atoms with van der Waals surface area (Å²) in [6.07, 6.45) is 0. The van der Waals surface area contributed by atoms with Crippen LogP contribution in [0.3, 0.4) is 0 Å². The largest absolute Gasteiger partial charge is 0.228 e. The van der Waals surface area contributed by atoms with Crippen molar-refractivity contribution in [3.8, 4) is 67.3 Å². The third-order valence-electron chi connectivity index (χ3n) is 13.6. The third kappa shape index (κ3) is 5.01. The van der Waals surface area contributed by atoms with E-state index in [0.29, 0.717) is 0 Å². The molecule has 2 aliphatic carbocycles. The standard InChI is InChI=1S/C58H42N2/c1-57(2)48-24-14-23-46(53(48)47-31-38-17-8-9-18-39(38)32-50(47)57)52-34-51(59-56(60-52)37-15-6-5-7-16-37)36-27-25-35(26-28-36)40-29-30-45-49(33-40)58(3,4)55-44-22-13-11-20-42(44)41-19-10-12-21-43(41)54(45)55/h5-34H,1-4H3. The summed E-state index contributed by atoms with van der Waals surface area (Å²) in [6, 6.07) is 66.7. The number of hydrogen-bond acceptors (Lipinski definition) is 2. The average Bonchev–Trinajstić information content (AvgIpc) is 3.67. The molecule has 0 aliphatic heterocycles. The van der Waals surface area contributed by atoms with Gasteiger partial charge in [-0.05, 0) is 112 Å². The number of fused-ring (bicyclic) bond motifs is 12. The summed E-state index contributed by atoms with van der Waals surface area (Å²) in [4.78, 5) is 10.6. The highest BCUT2D eigenvalue weighted by molar-refractivity contribution is 6.18. The van der Waals surface area contributed by atoms with Crippen molar-refractivity contribution in [3.63, 3.8) is 0 Å². The predicted octanol–water partition coefficient (Wildman–Crippen LogP) is 15.2. The molecule has 0 radical (unpaired) electrons. The molecular formula is C58H42N2. The average molecular weight is 767 g/mol. The van der Waals surface area contributed by atoms with Crippen molar-refractivity contribution in [1.82, 2.24) is 9.97 Å². The maximum Gasteiger partial charge on any atom is 0.160 e. The van der Waals surface area contributed by atoms with Crippen molar-refractivity contribution in [2.75, 3.05) is 0 Å². The Morgan fingerprint density at radius 1 is 0.333 bits per heavy atom. The quantitative estimate of drug-likeness (QED) is 0.167. The molecule has 2 nitrogen and oxygen atoms in total. The smallest absolute Gasteiger partial charge is 0.160 e. The zero-order valence-electron chi connectivity index (χ0n) is 34.2. The van der Waals surface area contributed by atoms with Crippen LogP contribution in [-0.2, 0) is 10.8 Å². The van der Waals surface area contributed by atoms with E-state index in [1.54, 1.807) is 0 Å². The maximum absolute atomic E-state index is 5.32. The number of hydrogen-bond donors (Lipinski definition) is 0. The summed E-state index contributed by atoms with van der Waals surface area (Å²) in [6.45, 7) is 9.49. The highest BCUT2D eigenvalue weighted by atomic mass is 14.9. The molecule has 1 aromatic heterocycles. The lowest BCUT2D eigenvalue weighted by molar-refractivity contribution is 0.661. The van der Waals surface area contributed by atoms with Crippen molar-refractivity contribution in [3.05, 3.63) is 204 Å². The fourth-order valence-electron chi connectivity index (χ4n) is 10.6. The molecule has 1 heterocycles. The van der Waals surface area contributed by atoms with Gasteiger partial charge in [0.2, 0.25) is 0 Å². The first kappa shape index (κ1) is 34.8. The molecule has 0 bridgehead atoms. The van der Waals surface area contributed by atoms with Gasteiger partial charge in [0, 0.05) is 27.5 Å². The van der Waals surface area contributed by atoms with Crippen molar-refractivity contribution in [2.24, 2.45) is 0 Å². The fourth-order valence-corrected chi connectivity index (χ4v) is 10.6. The second-order valence-corrected chi connectivity index (χ2v) is 17.7. The molecule has 0 N–H and O–H groups in total. The van der Waals surface area contributed by atoms with E-state index < -0.39 is 0 Å². The third-order valence-corrected chi connectivity index (χ3v) is 13.6. The first-order valence-corrected chi connectivity index (χ1v) is 21.1. The minimum Gasteiger partial charge on any atom is -0.228 e. The van der Waals surface area contributed by atoms with Crippen LogP contribution < -0.4 is 0 Å². The molecule has 60 heavy (non-hydrogen) atoms. The summed E-state index contributed by atoms with van der Waals surface area (Å²) in [5.74, 6) is 0.723. The number of aromatic nitrogens is 2. The van der Waals surface area contributed by atoms with Gasteiger partial charge in [-0.2, -0.15) is 0 Å². The Morgan fingerprint density at radius 2 is 0.933 bits per heavy atom. The zero-order chi connectivity index (χ0) is 40.3. The van der Waals surface area contributed by atoms with E-state index in [-0.39, 0.29) is 10.8 Å². The van der Waals surface area contributed by atoms with E-state index in [4.69, 9.17) is 9.97 Å². The lowest BCUT2D eigenvalue weighted by Crippen LogP contribution is -2.15. The van der Waals surface area contributed by atoms with Crippen molar-refractivity contribution < 1.29 is 0 Å². The van der Waals surface area contributed by atoms with Crippen molar-refractivity contribution in [1.29, 1.82) is 0 Å². The summed E-state index contributed by atoms with van der Waals surface area (Å²) >= 11 is 0. The van der Waals surface area contributed by atoms with Gasteiger partial charge < -0.3 is 0 Å². The predicted molar refractivity (Wildman–Crippen MR) is 251 cm³/mol. The normalized spacial score (nSPS) is 14.3. The van der Waals surface area contributed by atoms with Crippen LogP contribution in [0.25, 0.3) is 99.6 Å². The number of nitrogens with zero attached hydrogens (tertiary/aromatic N) is 2. The summed E-state index contributed by atoms with van der Waals surface area (Å²) < 4.78 is 0. The Hall–Kier alpha value is -7.16. The van der Waals surface area contributed by atoms with Gasteiger partial charge >= 0.3 is 0 Å². The minimum absolute atomic E-state index is 0.143. The monoisotopic (exact) mass is 766 g/mol. The summed E-state index contributed by atoms with van der Waals surface area (Å²) in [5, 5.41) is 7.84. The van der Waals surface area contributed by atoms with Gasteiger partial charge in [0.15, 0.2) is 5.82 Å². The van der Waals surface area contributed by atoms with Gasteiger partial charge in [-0.1, -0.05) is 185 Å². The Kier molecular flexibility index (Phi) is 7.36. The summed E-state index contributed by atoms with van der Waals surface area (Å²) in [7, 11) is 0. The van der Waals surface area contributed by atoms with Gasteiger partial charge in [-0.3, -0.25) is 0 Å². The highest BCUT2D eigenvalue weighted by Crippen LogP contribution is 2.56. The Bertz CT molecular complexity index is 3410. The molecule has 0 spiro atoms. The molecule has 0 unspecified atom stereocenters. The Balaban J connectivity index is 0.973.